The van der Waals surface area contributed by atoms with Crippen molar-refractivity contribution in [3.63, 3.8) is 0 Å². The van der Waals surface area contributed by atoms with Crippen molar-refractivity contribution in [2.45, 2.75) is 26.4 Å². The minimum atomic E-state index is -1.19. The van der Waals surface area contributed by atoms with Gasteiger partial charge in [-0.25, -0.2) is 9.59 Å². The van der Waals surface area contributed by atoms with Crippen molar-refractivity contribution in [3.8, 4) is 10.4 Å². The Labute approximate surface area is 147 Å². The Kier molecular flexibility index (Phi) is 5.07. The lowest BCUT2D eigenvalue weighted by Crippen LogP contribution is -2.27. The number of ether oxygens (including phenoxy) is 1. The van der Waals surface area contributed by atoms with Gasteiger partial charge in [-0.3, -0.25) is 15.4 Å². The number of nitrogens with one attached hydrogen (secondary N) is 1. The monoisotopic (exact) mass is 364 g/mol. The van der Waals surface area contributed by atoms with Crippen LogP contribution in [0.2, 0.25) is 0 Å². The van der Waals surface area contributed by atoms with Gasteiger partial charge < -0.3 is 9.84 Å². The summed E-state index contributed by atoms with van der Waals surface area (Å²) in [5.74, 6) is -1.19. The van der Waals surface area contributed by atoms with Crippen LogP contribution in [0.25, 0.3) is 10.4 Å². The van der Waals surface area contributed by atoms with Gasteiger partial charge >= 0.3 is 12.1 Å². The van der Waals surface area contributed by atoms with Gasteiger partial charge in [-0.1, -0.05) is 0 Å². The highest BCUT2D eigenvalue weighted by atomic mass is 32.1. The van der Waals surface area contributed by atoms with E-state index in [1.807, 2.05) is 0 Å². The number of anilines is 1. The first kappa shape index (κ1) is 18.4. The van der Waals surface area contributed by atoms with Crippen molar-refractivity contribution in [2.24, 2.45) is 0 Å². The highest BCUT2D eigenvalue weighted by molar-refractivity contribution is 7.18. The number of hydrogen-bond donors (Lipinski definition) is 2. The molecule has 0 unspecified atom stereocenters. The van der Waals surface area contributed by atoms with Crippen molar-refractivity contribution in [2.75, 3.05) is 5.32 Å². The van der Waals surface area contributed by atoms with E-state index in [9.17, 15) is 24.8 Å². The third kappa shape index (κ3) is 4.77. The summed E-state index contributed by atoms with van der Waals surface area (Å²) in [6.07, 6.45) is -0.761. The van der Waals surface area contributed by atoms with E-state index in [-0.39, 0.29) is 16.3 Å². The second-order valence-electron chi connectivity index (χ2n) is 6.09. The molecular weight excluding hydrogens is 348 g/mol. The molecule has 0 aliphatic rings. The summed E-state index contributed by atoms with van der Waals surface area (Å²) < 4.78 is 5.12. The van der Waals surface area contributed by atoms with Crippen LogP contribution in [0.15, 0.2) is 30.3 Å². The standard InChI is InChI=1S/C16H16N2O6S/c1-16(2,3)24-15(21)17-11-8-12(25-13(11)14(19)20)9-4-6-10(7-5-9)18(22)23/h4-8H,1-3H3,(H,17,21)(H,19,20). The Balaban J connectivity index is 2.31. The molecule has 2 rings (SSSR count). The van der Waals surface area contributed by atoms with E-state index in [1.165, 1.54) is 30.3 Å². The lowest BCUT2D eigenvalue weighted by molar-refractivity contribution is -0.384. The van der Waals surface area contributed by atoms with E-state index in [4.69, 9.17) is 4.74 Å². The number of carbonyl (C=O) groups excluding carboxylic acids is 1. The molecule has 8 nitrogen and oxygen atoms in total. The zero-order valence-electron chi connectivity index (χ0n) is 13.7. The fourth-order valence-electron chi connectivity index (χ4n) is 1.95. The van der Waals surface area contributed by atoms with E-state index >= 15 is 0 Å². The molecule has 132 valence electrons. The van der Waals surface area contributed by atoms with Crippen molar-refractivity contribution < 1.29 is 24.4 Å². The molecule has 1 heterocycles. The van der Waals surface area contributed by atoms with Gasteiger partial charge in [0.25, 0.3) is 5.69 Å². The summed E-state index contributed by atoms with van der Waals surface area (Å²) >= 11 is 0.955. The van der Waals surface area contributed by atoms with Crippen LogP contribution in [0, 0.1) is 10.1 Å². The normalized spacial score (nSPS) is 11.0. The van der Waals surface area contributed by atoms with E-state index < -0.39 is 22.6 Å². The minimum Gasteiger partial charge on any atom is -0.477 e. The molecule has 0 aliphatic carbocycles. The van der Waals surface area contributed by atoms with E-state index in [0.29, 0.717) is 10.4 Å². The average Bonchev–Trinajstić information content (AvgIpc) is 2.89. The maximum Gasteiger partial charge on any atom is 0.412 e. The van der Waals surface area contributed by atoms with Gasteiger partial charge in [0.15, 0.2) is 0 Å². The van der Waals surface area contributed by atoms with Gasteiger partial charge in [0.1, 0.15) is 10.5 Å². The number of amides is 1. The predicted octanol–water partition coefficient (Wildman–Crippen LogP) is 4.37. The molecule has 1 aromatic heterocycles. The van der Waals surface area contributed by atoms with E-state index in [0.717, 1.165) is 11.3 Å². The van der Waals surface area contributed by atoms with Crippen LogP contribution in [-0.2, 0) is 4.74 Å². The molecule has 1 aromatic carbocycles. The number of carbonyl (C=O) groups is 2. The first-order chi connectivity index (χ1) is 11.6. The summed E-state index contributed by atoms with van der Waals surface area (Å²) in [4.78, 5) is 34.0. The first-order valence-electron chi connectivity index (χ1n) is 7.19. The Morgan fingerprint density at radius 3 is 2.32 bits per heavy atom. The number of benzene rings is 1. The smallest absolute Gasteiger partial charge is 0.412 e. The molecule has 0 fully saturated rings. The highest BCUT2D eigenvalue weighted by Crippen LogP contribution is 2.35. The van der Waals surface area contributed by atoms with Crippen LogP contribution < -0.4 is 5.32 Å². The van der Waals surface area contributed by atoms with Gasteiger partial charge in [-0.05, 0) is 44.5 Å². The second-order valence-corrected chi connectivity index (χ2v) is 7.14. The SMILES string of the molecule is CC(C)(C)OC(=O)Nc1cc(-c2ccc([N+](=O)[O-])cc2)sc1C(=O)O. The molecule has 0 aliphatic heterocycles. The third-order valence-corrected chi connectivity index (χ3v) is 4.10. The maximum absolute atomic E-state index is 11.9. The first-order valence-corrected chi connectivity index (χ1v) is 8.00. The predicted molar refractivity (Wildman–Crippen MR) is 93.2 cm³/mol. The molecule has 0 radical (unpaired) electrons. The van der Waals surface area contributed by atoms with Crippen LogP contribution in [0.5, 0.6) is 0 Å². The Bertz CT molecular complexity index is 820. The lowest BCUT2D eigenvalue weighted by Gasteiger charge is -2.19. The zero-order chi connectivity index (χ0) is 18.8. The quantitative estimate of drug-likeness (QED) is 0.614. The molecule has 0 bridgehead atoms. The number of rotatable bonds is 4. The largest absolute Gasteiger partial charge is 0.477 e. The number of carboxylic acids is 1. The van der Waals surface area contributed by atoms with Crippen molar-refractivity contribution >= 4 is 34.8 Å². The summed E-state index contributed by atoms with van der Waals surface area (Å²) in [6, 6.07) is 7.20. The molecule has 25 heavy (non-hydrogen) atoms. The van der Waals surface area contributed by atoms with E-state index in [1.54, 1.807) is 20.8 Å². The number of aromatic carboxylic acids is 1. The van der Waals surface area contributed by atoms with Crippen molar-refractivity contribution in [1.82, 2.24) is 0 Å². The molecule has 0 saturated heterocycles. The fraction of sp³-hybridized carbons (Fsp3) is 0.250. The van der Waals surface area contributed by atoms with Crippen LogP contribution in [0.1, 0.15) is 30.4 Å². The Morgan fingerprint density at radius 1 is 1.24 bits per heavy atom. The number of nitrogens with zero attached hydrogens (tertiary/aromatic N) is 1. The third-order valence-electron chi connectivity index (χ3n) is 2.92. The van der Waals surface area contributed by atoms with Crippen molar-refractivity contribution in [3.05, 3.63) is 45.3 Å². The number of nitro benzene ring substituents is 1. The Hall–Kier alpha value is -2.94. The lowest BCUT2D eigenvalue weighted by atomic mass is 10.1. The summed E-state index contributed by atoms with van der Waals surface area (Å²) in [5.41, 5.74) is -0.0636. The van der Waals surface area contributed by atoms with Crippen LogP contribution >= 0.6 is 11.3 Å². The summed E-state index contributed by atoms with van der Waals surface area (Å²) in [7, 11) is 0. The minimum absolute atomic E-state index is 0.0563. The average molecular weight is 364 g/mol. The number of thiophene rings is 1. The van der Waals surface area contributed by atoms with Crippen molar-refractivity contribution in [1.29, 1.82) is 0 Å². The number of carboxylic acid groups (broad SMARTS) is 1. The fourth-order valence-corrected chi connectivity index (χ4v) is 2.90. The van der Waals surface area contributed by atoms with Gasteiger partial charge in [-0.15, -0.1) is 11.3 Å². The number of non-ortho nitro benzene ring substituents is 1. The summed E-state index contributed by atoms with van der Waals surface area (Å²) in [6.45, 7) is 5.09. The van der Waals surface area contributed by atoms with Crippen LogP contribution in [-0.4, -0.2) is 27.7 Å². The van der Waals surface area contributed by atoms with Crippen LogP contribution in [0.3, 0.4) is 0 Å². The second kappa shape index (κ2) is 6.89. The molecule has 2 N–H and O–H groups in total. The van der Waals surface area contributed by atoms with Gasteiger partial charge in [0.2, 0.25) is 0 Å². The number of hydrogen-bond acceptors (Lipinski definition) is 6. The molecule has 0 atom stereocenters. The number of nitro groups is 1. The topological polar surface area (TPSA) is 119 Å². The van der Waals surface area contributed by atoms with Gasteiger partial charge in [0, 0.05) is 17.0 Å². The summed E-state index contributed by atoms with van der Waals surface area (Å²) in [5, 5.41) is 22.4. The molecular formula is C16H16N2O6S. The zero-order valence-corrected chi connectivity index (χ0v) is 14.5. The molecule has 2 aromatic rings. The molecule has 9 heteroatoms. The van der Waals surface area contributed by atoms with Crippen LogP contribution in [0.4, 0.5) is 16.2 Å². The van der Waals surface area contributed by atoms with Gasteiger partial charge in [-0.2, -0.15) is 0 Å². The van der Waals surface area contributed by atoms with E-state index in [2.05, 4.69) is 5.32 Å². The van der Waals surface area contributed by atoms with Gasteiger partial charge in [0.05, 0.1) is 10.6 Å². The Morgan fingerprint density at radius 2 is 1.84 bits per heavy atom. The highest BCUT2D eigenvalue weighted by Gasteiger charge is 2.22. The maximum atomic E-state index is 11.9. The molecule has 1 amide bonds. The molecule has 0 saturated carbocycles. The molecule has 0 spiro atoms.